The first-order valence-corrected chi connectivity index (χ1v) is 6.61. The van der Waals surface area contributed by atoms with Gasteiger partial charge in [-0.3, -0.25) is 4.79 Å². The van der Waals surface area contributed by atoms with Crippen LogP contribution in [0, 0.1) is 11.3 Å². The van der Waals surface area contributed by atoms with Gasteiger partial charge in [-0.05, 0) is 30.4 Å². The van der Waals surface area contributed by atoms with Crippen molar-refractivity contribution in [1.82, 2.24) is 0 Å². The Balaban J connectivity index is 1.97. The quantitative estimate of drug-likeness (QED) is 0.729. The monoisotopic (exact) mass is 242 g/mol. The average molecular weight is 242 g/mol. The van der Waals surface area contributed by atoms with Crippen molar-refractivity contribution in [2.75, 3.05) is 0 Å². The minimum absolute atomic E-state index is 0.107. The number of furan rings is 1. The molecule has 1 saturated carbocycles. The van der Waals surface area contributed by atoms with Gasteiger partial charge in [-0.2, -0.15) is 0 Å². The Hall–Kier alpha value is -1.57. The highest BCUT2D eigenvalue weighted by atomic mass is 16.3. The van der Waals surface area contributed by atoms with E-state index in [1.165, 1.54) is 0 Å². The molecule has 0 bridgehead atoms. The molecule has 1 aromatic carbocycles. The number of hydrogen-bond acceptors (Lipinski definition) is 2. The molecule has 1 aliphatic rings. The van der Waals surface area contributed by atoms with Crippen LogP contribution in [0.1, 0.15) is 43.7 Å². The van der Waals surface area contributed by atoms with Crippen molar-refractivity contribution >= 4 is 16.8 Å². The number of Topliss-reactive ketones (excluding diaryl/α,β-unsaturated/α-hetero) is 1. The summed E-state index contributed by atoms with van der Waals surface area (Å²) in [5.74, 6) is 0.808. The maximum absolute atomic E-state index is 12.5. The number of rotatable bonds is 2. The molecule has 0 spiro atoms. The Bertz CT molecular complexity index is 559. The van der Waals surface area contributed by atoms with Gasteiger partial charge in [-0.15, -0.1) is 0 Å². The van der Waals surface area contributed by atoms with Crippen LogP contribution in [0.25, 0.3) is 11.0 Å². The second kappa shape index (κ2) is 3.98. The topological polar surface area (TPSA) is 30.2 Å². The Labute approximate surface area is 107 Å². The molecule has 18 heavy (non-hydrogen) atoms. The Kier molecular flexibility index (Phi) is 2.54. The summed E-state index contributed by atoms with van der Waals surface area (Å²) < 4.78 is 5.69. The summed E-state index contributed by atoms with van der Waals surface area (Å²) in [5.41, 5.74) is 0.910. The fraction of sp³-hybridized carbons (Fsp3) is 0.438. The predicted molar refractivity (Wildman–Crippen MR) is 71.7 cm³/mol. The molecule has 2 nitrogen and oxygen atoms in total. The number of para-hydroxylation sites is 1. The maximum Gasteiger partial charge on any atom is 0.201 e. The molecule has 1 aliphatic carbocycles. The molecule has 1 aromatic heterocycles. The van der Waals surface area contributed by atoms with Gasteiger partial charge in [0.25, 0.3) is 0 Å². The zero-order valence-corrected chi connectivity index (χ0v) is 10.9. The highest BCUT2D eigenvalue weighted by Gasteiger charge is 2.40. The van der Waals surface area contributed by atoms with Crippen LogP contribution in [0.3, 0.4) is 0 Å². The number of carbonyl (C=O) groups excluding carboxylic acids is 1. The molecule has 1 unspecified atom stereocenters. The summed E-state index contributed by atoms with van der Waals surface area (Å²) in [7, 11) is 0. The number of fused-ring (bicyclic) bond motifs is 1. The third-order valence-corrected chi connectivity index (χ3v) is 4.24. The molecular formula is C16H18O2. The summed E-state index contributed by atoms with van der Waals surface area (Å²) in [6.45, 7) is 4.37. The molecule has 3 rings (SSSR count). The van der Waals surface area contributed by atoms with Gasteiger partial charge >= 0.3 is 0 Å². The molecule has 2 heteroatoms. The van der Waals surface area contributed by atoms with Crippen LogP contribution in [0.5, 0.6) is 0 Å². The van der Waals surface area contributed by atoms with Crippen molar-refractivity contribution in [3.8, 4) is 0 Å². The van der Waals surface area contributed by atoms with Crippen LogP contribution < -0.4 is 0 Å². The second-order valence-electron chi connectivity index (χ2n) is 5.95. The molecule has 0 N–H and O–H groups in total. The van der Waals surface area contributed by atoms with Crippen molar-refractivity contribution in [3.63, 3.8) is 0 Å². The SMILES string of the molecule is CC1(C)CCCC1C(=O)c1cc2ccccc2o1. The van der Waals surface area contributed by atoms with E-state index in [1.807, 2.05) is 30.3 Å². The summed E-state index contributed by atoms with van der Waals surface area (Å²) >= 11 is 0. The lowest BCUT2D eigenvalue weighted by atomic mass is 9.79. The Morgan fingerprint density at radius 2 is 2.11 bits per heavy atom. The van der Waals surface area contributed by atoms with Gasteiger partial charge < -0.3 is 4.42 Å². The molecular weight excluding hydrogens is 224 g/mol. The maximum atomic E-state index is 12.5. The number of carbonyl (C=O) groups is 1. The Morgan fingerprint density at radius 1 is 1.33 bits per heavy atom. The van der Waals surface area contributed by atoms with Crippen LogP contribution in [-0.2, 0) is 0 Å². The number of hydrogen-bond donors (Lipinski definition) is 0. The molecule has 1 atom stereocenters. The first-order valence-electron chi connectivity index (χ1n) is 6.61. The molecule has 0 radical (unpaired) electrons. The third-order valence-electron chi connectivity index (χ3n) is 4.24. The van der Waals surface area contributed by atoms with E-state index >= 15 is 0 Å². The van der Waals surface area contributed by atoms with E-state index in [1.54, 1.807) is 0 Å². The normalized spacial score (nSPS) is 22.4. The standard InChI is InChI=1S/C16H18O2/c1-16(2)9-5-7-12(16)15(17)14-10-11-6-3-4-8-13(11)18-14/h3-4,6,8,10,12H,5,7,9H2,1-2H3. The highest BCUT2D eigenvalue weighted by Crippen LogP contribution is 2.44. The molecule has 0 aliphatic heterocycles. The van der Waals surface area contributed by atoms with E-state index < -0.39 is 0 Å². The molecule has 0 saturated heterocycles. The van der Waals surface area contributed by atoms with E-state index in [4.69, 9.17) is 4.42 Å². The summed E-state index contributed by atoms with van der Waals surface area (Å²) in [4.78, 5) is 12.5. The van der Waals surface area contributed by atoms with Crippen LogP contribution in [0.15, 0.2) is 34.7 Å². The van der Waals surface area contributed by atoms with Crippen molar-refractivity contribution in [3.05, 3.63) is 36.1 Å². The van der Waals surface area contributed by atoms with Gasteiger partial charge in [-0.25, -0.2) is 0 Å². The van der Waals surface area contributed by atoms with Crippen molar-refractivity contribution in [2.45, 2.75) is 33.1 Å². The number of ketones is 1. The third kappa shape index (κ3) is 1.76. The molecule has 1 fully saturated rings. The lowest BCUT2D eigenvalue weighted by molar-refractivity contribution is 0.0812. The lowest BCUT2D eigenvalue weighted by Crippen LogP contribution is -2.25. The van der Waals surface area contributed by atoms with Gasteiger partial charge in [-0.1, -0.05) is 38.5 Å². The van der Waals surface area contributed by atoms with Crippen LogP contribution in [-0.4, -0.2) is 5.78 Å². The summed E-state index contributed by atoms with van der Waals surface area (Å²) in [6.07, 6.45) is 3.26. The van der Waals surface area contributed by atoms with Gasteiger partial charge in [0.2, 0.25) is 5.78 Å². The van der Waals surface area contributed by atoms with Gasteiger partial charge in [0.15, 0.2) is 5.76 Å². The first-order chi connectivity index (χ1) is 8.58. The van der Waals surface area contributed by atoms with Gasteiger partial charge in [0.05, 0.1) is 0 Å². The van der Waals surface area contributed by atoms with Crippen molar-refractivity contribution in [2.24, 2.45) is 11.3 Å². The fourth-order valence-electron chi connectivity index (χ4n) is 3.09. The number of benzene rings is 1. The van der Waals surface area contributed by atoms with Crippen LogP contribution in [0.2, 0.25) is 0 Å². The molecule has 1 heterocycles. The van der Waals surface area contributed by atoms with E-state index in [0.717, 1.165) is 30.2 Å². The smallest absolute Gasteiger partial charge is 0.201 e. The average Bonchev–Trinajstić information content (AvgIpc) is 2.90. The zero-order chi connectivity index (χ0) is 12.8. The lowest BCUT2D eigenvalue weighted by Gasteiger charge is -2.24. The van der Waals surface area contributed by atoms with Gasteiger partial charge in [0, 0.05) is 11.3 Å². The second-order valence-corrected chi connectivity index (χ2v) is 5.95. The van der Waals surface area contributed by atoms with Crippen LogP contribution in [0.4, 0.5) is 0 Å². The molecule has 94 valence electrons. The minimum Gasteiger partial charge on any atom is -0.453 e. The summed E-state index contributed by atoms with van der Waals surface area (Å²) in [6, 6.07) is 9.67. The van der Waals surface area contributed by atoms with E-state index in [2.05, 4.69) is 13.8 Å². The fourth-order valence-corrected chi connectivity index (χ4v) is 3.09. The van der Waals surface area contributed by atoms with Crippen molar-refractivity contribution < 1.29 is 9.21 Å². The minimum atomic E-state index is 0.107. The van der Waals surface area contributed by atoms with E-state index in [-0.39, 0.29) is 17.1 Å². The Morgan fingerprint density at radius 3 is 2.78 bits per heavy atom. The van der Waals surface area contributed by atoms with E-state index in [0.29, 0.717) is 5.76 Å². The van der Waals surface area contributed by atoms with Crippen LogP contribution >= 0.6 is 0 Å². The zero-order valence-electron chi connectivity index (χ0n) is 10.9. The van der Waals surface area contributed by atoms with Crippen molar-refractivity contribution in [1.29, 1.82) is 0 Å². The largest absolute Gasteiger partial charge is 0.453 e. The summed E-state index contributed by atoms with van der Waals surface area (Å²) in [5, 5.41) is 1.01. The molecule has 0 amide bonds. The first kappa shape index (κ1) is 11.5. The highest BCUT2D eigenvalue weighted by molar-refractivity contribution is 5.99. The molecule has 2 aromatic rings. The predicted octanol–water partition coefficient (Wildman–Crippen LogP) is 4.44. The van der Waals surface area contributed by atoms with Gasteiger partial charge in [0.1, 0.15) is 5.58 Å². The van der Waals surface area contributed by atoms with E-state index in [9.17, 15) is 4.79 Å².